The highest BCUT2D eigenvalue weighted by atomic mass is 35.5. The summed E-state index contributed by atoms with van der Waals surface area (Å²) >= 11 is 6.98. The number of pyridine rings is 1. The summed E-state index contributed by atoms with van der Waals surface area (Å²) in [6.45, 7) is 6.13. The van der Waals surface area contributed by atoms with E-state index in [1.165, 1.54) is 0 Å². The van der Waals surface area contributed by atoms with E-state index in [1.807, 2.05) is 30.7 Å². The molecule has 0 spiro atoms. The molecule has 3 aromatic heterocycles. The predicted octanol–water partition coefficient (Wildman–Crippen LogP) is 6.67. The Labute approximate surface area is 205 Å². The Hall–Kier alpha value is -3.71. The topological polar surface area (TPSA) is 65.3 Å². The maximum absolute atomic E-state index is 14.0. The quantitative estimate of drug-likeness (QED) is 0.225. The highest BCUT2D eigenvalue weighted by molar-refractivity contribution is 6.38. The van der Waals surface area contributed by atoms with Gasteiger partial charge in [0.05, 0.1) is 21.7 Å². The van der Waals surface area contributed by atoms with E-state index in [2.05, 4.69) is 24.9 Å². The first-order chi connectivity index (χ1) is 16.6. The molecule has 0 aliphatic heterocycles. The van der Waals surface area contributed by atoms with E-state index >= 15 is 0 Å². The lowest BCUT2D eigenvalue weighted by Crippen LogP contribution is -2.08. The molecular formula is C27H23ClF2N4O. The van der Waals surface area contributed by atoms with Crippen molar-refractivity contribution in [2.45, 2.75) is 26.7 Å². The van der Waals surface area contributed by atoms with E-state index in [1.54, 1.807) is 22.7 Å². The Morgan fingerprint density at radius 1 is 1.09 bits per heavy atom. The number of imidazole rings is 1. The van der Waals surface area contributed by atoms with Gasteiger partial charge in [0.25, 0.3) is 0 Å². The third kappa shape index (κ3) is 3.49. The van der Waals surface area contributed by atoms with Gasteiger partial charge in [-0.3, -0.25) is 4.79 Å². The number of hydrogen-bond donors (Lipinski definition) is 1. The van der Waals surface area contributed by atoms with E-state index in [9.17, 15) is 13.6 Å². The molecule has 0 atom stereocenters. The van der Waals surface area contributed by atoms with Crippen LogP contribution in [0.15, 0.2) is 48.7 Å². The van der Waals surface area contributed by atoms with Gasteiger partial charge in [0.15, 0.2) is 0 Å². The average Bonchev–Trinajstić information content (AvgIpc) is 3.38. The number of nitrogens with zero attached hydrogens (tertiary/aromatic N) is 3. The van der Waals surface area contributed by atoms with Crippen molar-refractivity contribution in [2.75, 3.05) is 5.73 Å². The molecule has 0 amide bonds. The highest BCUT2D eigenvalue weighted by Gasteiger charge is 2.23. The van der Waals surface area contributed by atoms with Gasteiger partial charge in [0, 0.05) is 29.9 Å². The van der Waals surface area contributed by atoms with Crippen molar-refractivity contribution < 1.29 is 13.6 Å². The molecule has 5 aromatic rings. The zero-order chi connectivity index (χ0) is 25.2. The molecule has 35 heavy (non-hydrogen) atoms. The molecule has 8 heteroatoms. The normalized spacial score (nSPS) is 11.8. The third-order valence-electron chi connectivity index (χ3n) is 6.53. The summed E-state index contributed by atoms with van der Waals surface area (Å²) in [7, 11) is 1.96. The van der Waals surface area contributed by atoms with Crippen LogP contribution >= 0.6 is 11.6 Å². The summed E-state index contributed by atoms with van der Waals surface area (Å²) in [5.41, 5.74) is 10.0. The molecule has 2 N–H and O–H groups in total. The molecule has 2 aromatic carbocycles. The van der Waals surface area contributed by atoms with Crippen molar-refractivity contribution in [3.63, 3.8) is 0 Å². The Kier molecular flexibility index (Phi) is 5.40. The van der Waals surface area contributed by atoms with Gasteiger partial charge in [0.2, 0.25) is 5.78 Å². The van der Waals surface area contributed by atoms with Crippen molar-refractivity contribution in [3.05, 3.63) is 88.0 Å². The zero-order valence-electron chi connectivity index (χ0n) is 19.7. The van der Waals surface area contributed by atoms with E-state index in [0.717, 1.165) is 45.7 Å². The van der Waals surface area contributed by atoms with E-state index in [4.69, 9.17) is 17.3 Å². The molecule has 0 unspecified atom stereocenters. The Bertz CT molecular complexity index is 1640. The van der Waals surface area contributed by atoms with Gasteiger partial charge in [-0.15, -0.1) is 0 Å². The maximum Gasteiger partial charge on any atom is 0.209 e. The lowest BCUT2D eigenvalue weighted by molar-refractivity contribution is 0.103. The Balaban J connectivity index is 1.74. The first-order valence-electron chi connectivity index (χ1n) is 11.1. The van der Waals surface area contributed by atoms with Crippen molar-refractivity contribution >= 4 is 39.6 Å². The molecule has 3 heterocycles. The van der Waals surface area contributed by atoms with Crippen molar-refractivity contribution in [3.8, 4) is 11.1 Å². The van der Waals surface area contributed by atoms with Gasteiger partial charge in [-0.25, -0.2) is 13.8 Å². The summed E-state index contributed by atoms with van der Waals surface area (Å²) in [5, 5.41) is 0.541. The summed E-state index contributed by atoms with van der Waals surface area (Å²) in [6, 6.07) is 11.2. The fourth-order valence-corrected chi connectivity index (χ4v) is 4.90. The molecule has 5 nitrogen and oxygen atoms in total. The second-order valence-electron chi connectivity index (χ2n) is 8.97. The number of nitrogens with two attached hydrogens (primary N) is 1. The summed E-state index contributed by atoms with van der Waals surface area (Å²) < 4.78 is 31.8. The molecule has 0 saturated heterocycles. The van der Waals surface area contributed by atoms with Crippen molar-refractivity contribution in [1.82, 2.24) is 14.0 Å². The van der Waals surface area contributed by atoms with E-state index in [-0.39, 0.29) is 17.2 Å². The predicted molar refractivity (Wildman–Crippen MR) is 135 cm³/mol. The Morgan fingerprint density at radius 3 is 2.43 bits per heavy atom. The number of nitrogen functional groups attached to an aromatic ring is 1. The van der Waals surface area contributed by atoms with Crippen molar-refractivity contribution in [2.24, 2.45) is 7.05 Å². The molecule has 5 rings (SSSR count). The SMILES string of the molecule is Cc1nc2c(Cl)c(-c3cccn4c(C(=O)c5cc(F)c(N)c(F)c5)ccc34)c(C(C)C)cc2n1C. The number of halogens is 3. The summed E-state index contributed by atoms with van der Waals surface area (Å²) in [6.07, 6.45) is 1.74. The minimum atomic E-state index is -0.970. The first kappa shape index (κ1) is 23.1. The van der Waals surface area contributed by atoms with Crippen molar-refractivity contribution in [1.29, 1.82) is 0 Å². The lowest BCUT2D eigenvalue weighted by Gasteiger charge is -2.17. The van der Waals surface area contributed by atoms with Crippen LogP contribution in [0.25, 0.3) is 27.7 Å². The Morgan fingerprint density at radius 2 is 1.77 bits per heavy atom. The number of carbonyl (C=O) groups excluding carboxylic acids is 1. The fraction of sp³-hybridized carbons (Fsp3) is 0.185. The van der Waals surface area contributed by atoms with E-state index in [0.29, 0.717) is 10.5 Å². The van der Waals surface area contributed by atoms with Crippen LogP contribution in [0.1, 0.15) is 47.2 Å². The van der Waals surface area contributed by atoms with Gasteiger partial charge >= 0.3 is 0 Å². The van der Waals surface area contributed by atoms with Crippen LogP contribution < -0.4 is 5.73 Å². The number of fused-ring (bicyclic) bond motifs is 2. The molecule has 0 aliphatic rings. The number of benzene rings is 2. The number of anilines is 1. The largest absolute Gasteiger partial charge is 0.394 e. The van der Waals surface area contributed by atoms with Crippen LogP contribution in [0.3, 0.4) is 0 Å². The zero-order valence-corrected chi connectivity index (χ0v) is 20.4. The number of ketones is 1. The number of rotatable bonds is 4. The monoisotopic (exact) mass is 492 g/mol. The maximum atomic E-state index is 14.0. The molecule has 0 radical (unpaired) electrons. The minimum Gasteiger partial charge on any atom is -0.394 e. The number of aromatic nitrogens is 3. The van der Waals surface area contributed by atoms with E-state index < -0.39 is 23.1 Å². The molecule has 0 bridgehead atoms. The van der Waals surface area contributed by atoms with Gasteiger partial charge in [-0.2, -0.15) is 0 Å². The van der Waals surface area contributed by atoms with Crippen LogP contribution in [-0.4, -0.2) is 19.7 Å². The third-order valence-corrected chi connectivity index (χ3v) is 6.90. The second-order valence-corrected chi connectivity index (χ2v) is 9.35. The van der Waals surface area contributed by atoms with Crippen LogP contribution in [0, 0.1) is 18.6 Å². The van der Waals surface area contributed by atoms with Gasteiger partial charge in [-0.1, -0.05) is 31.5 Å². The molecular weight excluding hydrogens is 470 g/mol. The van der Waals surface area contributed by atoms with Crippen LogP contribution in [0.5, 0.6) is 0 Å². The van der Waals surface area contributed by atoms with Gasteiger partial charge in [0.1, 0.15) is 28.7 Å². The fourth-order valence-electron chi connectivity index (χ4n) is 4.55. The van der Waals surface area contributed by atoms with Crippen LogP contribution in [0.4, 0.5) is 14.5 Å². The van der Waals surface area contributed by atoms with Gasteiger partial charge < -0.3 is 14.7 Å². The van der Waals surface area contributed by atoms with Crippen LogP contribution in [0.2, 0.25) is 5.02 Å². The summed E-state index contributed by atoms with van der Waals surface area (Å²) in [5.74, 6) is -1.44. The first-order valence-corrected chi connectivity index (χ1v) is 11.5. The molecule has 0 saturated carbocycles. The highest BCUT2D eigenvalue weighted by Crippen LogP contribution is 2.42. The average molecular weight is 493 g/mol. The number of aryl methyl sites for hydroxylation is 2. The number of carbonyl (C=O) groups is 1. The molecule has 178 valence electrons. The lowest BCUT2D eigenvalue weighted by atomic mass is 9.91. The van der Waals surface area contributed by atoms with Gasteiger partial charge in [-0.05, 0) is 54.8 Å². The minimum absolute atomic E-state index is 0.120. The smallest absolute Gasteiger partial charge is 0.209 e. The van der Waals surface area contributed by atoms with Crippen LogP contribution in [-0.2, 0) is 7.05 Å². The molecule has 0 aliphatic carbocycles. The number of hydrogen-bond acceptors (Lipinski definition) is 3. The standard InChI is InChI=1S/C27H23ClF2N4O/c1-13(2)17-12-22-26(32-14(3)33(22)4)24(28)23(17)16-6-5-9-34-20(16)7-8-21(34)27(35)15-10-18(29)25(31)19(30)11-15/h5-13H,31H2,1-4H3. The summed E-state index contributed by atoms with van der Waals surface area (Å²) in [4.78, 5) is 17.9. The second kappa shape index (κ2) is 8.20. The molecule has 0 fully saturated rings.